The number of hydrogen-bond donors (Lipinski definition) is 1. The number of rotatable bonds is 1. The molecular weight excluding hydrogens is 218 g/mol. The molecule has 1 aromatic heterocycles. The highest BCUT2D eigenvalue weighted by Crippen LogP contribution is 2.25. The van der Waals surface area contributed by atoms with Crippen molar-refractivity contribution in [3.05, 3.63) is 17.5 Å². The molecule has 5 nitrogen and oxygen atoms in total. The molecule has 0 saturated carbocycles. The number of amides is 1. The Morgan fingerprint density at radius 3 is 3.18 bits per heavy atom. The molecule has 2 aliphatic heterocycles. The van der Waals surface area contributed by atoms with Crippen LogP contribution in [0, 0.1) is 12.8 Å². The minimum Gasteiger partial charge on any atom is -0.361 e. The van der Waals surface area contributed by atoms with E-state index in [1.165, 1.54) is 12.8 Å². The first kappa shape index (κ1) is 10.8. The summed E-state index contributed by atoms with van der Waals surface area (Å²) >= 11 is 0. The van der Waals surface area contributed by atoms with Gasteiger partial charge >= 0.3 is 0 Å². The zero-order valence-electron chi connectivity index (χ0n) is 9.98. The first-order chi connectivity index (χ1) is 8.24. The molecule has 2 fully saturated rings. The van der Waals surface area contributed by atoms with Crippen molar-refractivity contribution in [1.82, 2.24) is 15.4 Å². The maximum atomic E-state index is 12.2. The van der Waals surface area contributed by atoms with Crippen LogP contribution in [-0.2, 0) is 0 Å². The molecule has 2 aliphatic rings. The molecule has 0 bridgehead atoms. The summed E-state index contributed by atoms with van der Waals surface area (Å²) in [6.45, 7) is 4.53. The fourth-order valence-electron chi connectivity index (χ4n) is 2.84. The van der Waals surface area contributed by atoms with E-state index in [9.17, 15) is 4.79 Å². The van der Waals surface area contributed by atoms with E-state index in [1.807, 2.05) is 4.90 Å². The molecule has 1 amide bonds. The molecule has 1 aromatic rings. The van der Waals surface area contributed by atoms with Crippen LogP contribution in [-0.4, -0.2) is 41.6 Å². The molecule has 92 valence electrons. The van der Waals surface area contributed by atoms with Crippen LogP contribution in [0.1, 0.15) is 29.1 Å². The van der Waals surface area contributed by atoms with Gasteiger partial charge in [0.1, 0.15) is 5.76 Å². The highest BCUT2D eigenvalue weighted by atomic mass is 16.5. The third-order valence-corrected chi connectivity index (χ3v) is 3.73. The van der Waals surface area contributed by atoms with Gasteiger partial charge in [-0.05, 0) is 32.2 Å². The van der Waals surface area contributed by atoms with Crippen LogP contribution in [0.25, 0.3) is 0 Å². The lowest BCUT2D eigenvalue weighted by Crippen LogP contribution is -2.41. The van der Waals surface area contributed by atoms with Gasteiger partial charge in [-0.3, -0.25) is 4.79 Å². The predicted octanol–water partition coefficient (Wildman–Crippen LogP) is 0.807. The van der Waals surface area contributed by atoms with Crippen LogP contribution in [0.4, 0.5) is 0 Å². The molecule has 5 heteroatoms. The third kappa shape index (κ3) is 1.95. The second-order valence-corrected chi connectivity index (χ2v) is 5.00. The second-order valence-electron chi connectivity index (χ2n) is 5.00. The molecule has 0 spiro atoms. The Morgan fingerprint density at radius 2 is 2.47 bits per heavy atom. The molecule has 2 unspecified atom stereocenters. The van der Waals surface area contributed by atoms with E-state index in [0.29, 0.717) is 23.4 Å². The summed E-state index contributed by atoms with van der Waals surface area (Å²) in [5, 5.41) is 7.28. The summed E-state index contributed by atoms with van der Waals surface area (Å²) in [6, 6.07) is 2.18. The minimum atomic E-state index is -0.00181. The zero-order chi connectivity index (χ0) is 11.8. The lowest BCUT2D eigenvalue weighted by molar-refractivity contribution is 0.0775. The quantitative estimate of drug-likeness (QED) is 0.782. The first-order valence-electron chi connectivity index (χ1n) is 6.20. The minimum absolute atomic E-state index is 0.00181. The highest BCUT2D eigenvalue weighted by Gasteiger charge is 2.37. The lowest BCUT2D eigenvalue weighted by Gasteiger charge is -2.24. The van der Waals surface area contributed by atoms with Gasteiger partial charge in [-0.2, -0.15) is 0 Å². The SMILES string of the molecule is Cc1cc(C(=O)N2CC3CCCNC3C2)no1. The molecular formula is C12H17N3O2. The molecule has 3 rings (SSSR count). The van der Waals surface area contributed by atoms with Crippen molar-refractivity contribution in [1.29, 1.82) is 0 Å². The summed E-state index contributed by atoms with van der Waals surface area (Å²) in [4.78, 5) is 14.1. The number of carbonyl (C=O) groups is 1. The van der Waals surface area contributed by atoms with Gasteiger partial charge in [0.15, 0.2) is 5.69 Å². The summed E-state index contributed by atoms with van der Waals surface area (Å²) < 4.78 is 4.95. The Bertz CT molecular complexity index is 415. The third-order valence-electron chi connectivity index (χ3n) is 3.73. The largest absolute Gasteiger partial charge is 0.361 e. The Labute approximate surface area is 100 Å². The van der Waals surface area contributed by atoms with Crippen LogP contribution < -0.4 is 5.32 Å². The van der Waals surface area contributed by atoms with Crippen molar-refractivity contribution in [3.63, 3.8) is 0 Å². The van der Waals surface area contributed by atoms with Crippen molar-refractivity contribution >= 4 is 5.91 Å². The van der Waals surface area contributed by atoms with Gasteiger partial charge in [-0.15, -0.1) is 0 Å². The number of piperidine rings is 1. The van der Waals surface area contributed by atoms with E-state index >= 15 is 0 Å². The first-order valence-corrected chi connectivity index (χ1v) is 6.20. The monoisotopic (exact) mass is 235 g/mol. The highest BCUT2D eigenvalue weighted by molar-refractivity contribution is 5.92. The smallest absolute Gasteiger partial charge is 0.276 e. The molecule has 17 heavy (non-hydrogen) atoms. The Hall–Kier alpha value is -1.36. The van der Waals surface area contributed by atoms with Crippen molar-refractivity contribution in [3.8, 4) is 0 Å². The van der Waals surface area contributed by atoms with Gasteiger partial charge in [0.05, 0.1) is 0 Å². The van der Waals surface area contributed by atoms with Crippen LogP contribution in [0.2, 0.25) is 0 Å². The summed E-state index contributed by atoms with van der Waals surface area (Å²) in [6.07, 6.45) is 2.44. The van der Waals surface area contributed by atoms with E-state index in [2.05, 4.69) is 10.5 Å². The van der Waals surface area contributed by atoms with Crippen molar-refractivity contribution in [2.45, 2.75) is 25.8 Å². The summed E-state index contributed by atoms with van der Waals surface area (Å²) in [7, 11) is 0. The number of aryl methyl sites for hydroxylation is 1. The second kappa shape index (κ2) is 4.14. The number of fused-ring (bicyclic) bond motifs is 1. The average molecular weight is 235 g/mol. The van der Waals surface area contributed by atoms with Gasteiger partial charge in [-0.1, -0.05) is 5.16 Å². The van der Waals surface area contributed by atoms with E-state index in [1.54, 1.807) is 13.0 Å². The molecule has 2 saturated heterocycles. The molecule has 3 heterocycles. The number of hydrogen-bond acceptors (Lipinski definition) is 4. The summed E-state index contributed by atoms with van der Waals surface area (Å²) in [5.74, 6) is 1.29. The lowest BCUT2D eigenvalue weighted by atomic mass is 9.94. The van der Waals surface area contributed by atoms with Gasteiger partial charge in [0, 0.05) is 25.2 Å². The van der Waals surface area contributed by atoms with Crippen molar-refractivity contribution in [2.75, 3.05) is 19.6 Å². The van der Waals surface area contributed by atoms with Gasteiger partial charge in [0.25, 0.3) is 5.91 Å². The number of nitrogens with one attached hydrogen (secondary N) is 1. The standard InChI is InChI=1S/C12H17N3O2/c1-8-5-10(14-17-8)12(16)15-6-9-3-2-4-13-11(9)7-15/h5,9,11,13H,2-4,6-7H2,1H3. The van der Waals surface area contributed by atoms with Crippen molar-refractivity contribution < 1.29 is 9.32 Å². The Kier molecular flexibility index (Phi) is 2.63. The van der Waals surface area contributed by atoms with Crippen LogP contribution in [0.15, 0.2) is 10.6 Å². The maximum Gasteiger partial charge on any atom is 0.276 e. The number of aromatic nitrogens is 1. The van der Waals surface area contributed by atoms with E-state index < -0.39 is 0 Å². The van der Waals surface area contributed by atoms with E-state index in [0.717, 1.165) is 19.6 Å². The number of likely N-dealkylation sites (tertiary alicyclic amines) is 1. The average Bonchev–Trinajstić information content (AvgIpc) is 2.93. The summed E-state index contributed by atoms with van der Waals surface area (Å²) in [5.41, 5.74) is 0.432. The molecule has 2 atom stereocenters. The Balaban J connectivity index is 1.71. The predicted molar refractivity (Wildman–Crippen MR) is 61.7 cm³/mol. The van der Waals surface area contributed by atoms with Crippen LogP contribution >= 0.6 is 0 Å². The van der Waals surface area contributed by atoms with Gasteiger partial charge in [0.2, 0.25) is 0 Å². The fraction of sp³-hybridized carbons (Fsp3) is 0.667. The van der Waals surface area contributed by atoms with E-state index in [-0.39, 0.29) is 5.91 Å². The van der Waals surface area contributed by atoms with Gasteiger partial charge in [-0.25, -0.2) is 0 Å². The normalized spacial score (nSPS) is 28.2. The fourth-order valence-corrected chi connectivity index (χ4v) is 2.84. The Morgan fingerprint density at radius 1 is 1.59 bits per heavy atom. The maximum absolute atomic E-state index is 12.2. The van der Waals surface area contributed by atoms with Crippen molar-refractivity contribution in [2.24, 2.45) is 5.92 Å². The number of nitrogens with zero attached hydrogens (tertiary/aromatic N) is 2. The topological polar surface area (TPSA) is 58.4 Å². The molecule has 0 radical (unpaired) electrons. The molecule has 1 N–H and O–H groups in total. The van der Waals surface area contributed by atoms with E-state index in [4.69, 9.17) is 4.52 Å². The van der Waals surface area contributed by atoms with Gasteiger partial charge < -0.3 is 14.7 Å². The van der Waals surface area contributed by atoms with Crippen LogP contribution in [0.3, 0.4) is 0 Å². The molecule has 0 aromatic carbocycles. The number of carbonyl (C=O) groups excluding carboxylic acids is 1. The zero-order valence-corrected chi connectivity index (χ0v) is 9.98. The molecule has 0 aliphatic carbocycles. The van der Waals surface area contributed by atoms with Crippen LogP contribution in [0.5, 0.6) is 0 Å².